The van der Waals surface area contributed by atoms with Gasteiger partial charge in [-0.2, -0.15) is 0 Å². The summed E-state index contributed by atoms with van der Waals surface area (Å²) in [5, 5.41) is 11.7. The molecule has 3 N–H and O–H groups in total. The van der Waals surface area contributed by atoms with Gasteiger partial charge in [-0.3, -0.25) is 0 Å². The number of hydrogen-bond acceptors (Lipinski definition) is 4. The van der Waals surface area contributed by atoms with E-state index < -0.39 is 0 Å². The molecule has 0 radical (unpaired) electrons. The molecule has 0 saturated carbocycles. The minimum absolute atomic E-state index is 0.00126. The summed E-state index contributed by atoms with van der Waals surface area (Å²) in [5.41, 5.74) is 8.05. The third-order valence-corrected chi connectivity index (χ3v) is 3.41. The first-order valence-electron chi connectivity index (χ1n) is 6.42. The van der Waals surface area contributed by atoms with Crippen LogP contribution in [0.2, 0.25) is 0 Å². The van der Waals surface area contributed by atoms with Gasteiger partial charge in [0.25, 0.3) is 0 Å². The first-order chi connectivity index (χ1) is 9.67. The van der Waals surface area contributed by atoms with Crippen LogP contribution in [0, 0.1) is 6.92 Å². The van der Waals surface area contributed by atoms with Crippen LogP contribution in [-0.4, -0.2) is 26.7 Å². The monoisotopic (exact) mass is 272 g/mol. The van der Waals surface area contributed by atoms with Crippen molar-refractivity contribution in [1.82, 2.24) is 9.55 Å². The number of aryl methyl sites for hydroxylation is 1. The summed E-state index contributed by atoms with van der Waals surface area (Å²) in [6.45, 7) is 2.68. The minimum atomic E-state index is 0.00126. The normalized spacial score (nSPS) is 17.9. The second kappa shape index (κ2) is 4.88. The number of imidazole rings is 1. The van der Waals surface area contributed by atoms with Gasteiger partial charge in [-0.15, -0.1) is 0 Å². The van der Waals surface area contributed by atoms with Gasteiger partial charge in [0.2, 0.25) is 5.84 Å². The number of nitrogens with two attached hydrogens (primary N) is 1. The number of fused-ring (bicyclic) bond motifs is 1. The first kappa shape index (κ1) is 12.5. The van der Waals surface area contributed by atoms with Gasteiger partial charge < -0.3 is 20.2 Å². The number of rotatable bonds is 3. The molecular weight excluding hydrogens is 256 g/mol. The molecule has 0 amide bonds. The van der Waals surface area contributed by atoms with E-state index >= 15 is 0 Å². The molecule has 104 valence electrons. The molecule has 6 heteroatoms. The highest BCUT2D eigenvalue weighted by atomic mass is 16.5. The molecule has 1 aromatic carbocycles. The van der Waals surface area contributed by atoms with Gasteiger partial charge in [-0.25, -0.2) is 4.98 Å². The van der Waals surface area contributed by atoms with Crippen molar-refractivity contribution in [3.63, 3.8) is 0 Å². The Morgan fingerprint density at radius 3 is 3.25 bits per heavy atom. The average Bonchev–Trinajstić information content (AvgIpc) is 3.04. The van der Waals surface area contributed by atoms with Crippen LogP contribution in [0.5, 0.6) is 5.75 Å². The van der Waals surface area contributed by atoms with E-state index in [0.29, 0.717) is 12.4 Å². The number of ether oxygens (including phenoxy) is 1. The van der Waals surface area contributed by atoms with Gasteiger partial charge in [-0.1, -0.05) is 22.9 Å². The SMILES string of the molecule is Cc1ccc2c(c1)CC(Cn1ccnc1/C(N)=N/O)O2. The maximum Gasteiger partial charge on any atom is 0.206 e. The number of nitrogens with zero attached hydrogens (tertiary/aromatic N) is 3. The molecule has 20 heavy (non-hydrogen) atoms. The molecule has 0 spiro atoms. The Morgan fingerprint density at radius 1 is 1.60 bits per heavy atom. The van der Waals surface area contributed by atoms with E-state index in [1.54, 1.807) is 12.4 Å². The molecule has 0 fully saturated rings. The summed E-state index contributed by atoms with van der Waals surface area (Å²) in [4.78, 5) is 4.08. The Labute approximate surface area is 116 Å². The number of amidine groups is 1. The predicted molar refractivity (Wildman–Crippen MR) is 74.0 cm³/mol. The molecule has 0 saturated heterocycles. The van der Waals surface area contributed by atoms with Crippen LogP contribution >= 0.6 is 0 Å². The van der Waals surface area contributed by atoms with Gasteiger partial charge in [0.15, 0.2) is 5.82 Å². The molecule has 2 heterocycles. The molecule has 1 unspecified atom stereocenters. The van der Waals surface area contributed by atoms with Gasteiger partial charge in [0.05, 0.1) is 6.54 Å². The molecule has 6 nitrogen and oxygen atoms in total. The number of benzene rings is 1. The molecule has 1 aliphatic heterocycles. The second-order valence-corrected chi connectivity index (χ2v) is 4.94. The van der Waals surface area contributed by atoms with Crippen molar-refractivity contribution >= 4 is 5.84 Å². The fourth-order valence-electron chi connectivity index (χ4n) is 2.50. The van der Waals surface area contributed by atoms with Gasteiger partial charge >= 0.3 is 0 Å². The standard InChI is InChI=1S/C14H16N4O2/c1-9-2-3-12-10(6-9)7-11(20-12)8-18-5-4-16-14(18)13(15)17-19/h2-6,11,19H,7-8H2,1H3,(H2,15,17). The average molecular weight is 272 g/mol. The van der Waals surface area contributed by atoms with Crippen LogP contribution in [0.4, 0.5) is 0 Å². The van der Waals surface area contributed by atoms with Gasteiger partial charge in [0.1, 0.15) is 11.9 Å². The van der Waals surface area contributed by atoms with Crippen molar-refractivity contribution in [2.45, 2.75) is 26.0 Å². The Hall–Kier alpha value is -2.50. The first-order valence-corrected chi connectivity index (χ1v) is 6.42. The fourth-order valence-corrected chi connectivity index (χ4v) is 2.50. The van der Waals surface area contributed by atoms with Crippen molar-refractivity contribution in [2.24, 2.45) is 10.9 Å². The van der Waals surface area contributed by atoms with Crippen molar-refractivity contribution in [3.05, 3.63) is 47.5 Å². The zero-order valence-electron chi connectivity index (χ0n) is 11.2. The lowest BCUT2D eigenvalue weighted by Gasteiger charge is -2.13. The van der Waals surface area contributed by atoms with Crippen LogP contribution in [0.15, 0.2) is 35.7 Å². The van der Waals surface area contributed by atoms with Crippen molar-refractivity contribution in [3.8, 4) is 5.75 Å². The molecule has 0 bridgehead atoms. The highest BCUT2D eigenvalue weighted by molar-refractivity contribution is 5.93. The molecule has 1 aliphatic rings. The van der Waals surface area contributed by atoms with E-state index in [2.05, 4.69) is 23.1 Å². The smallest absolute Gasteiger partial charge is 0.206 e. The summed E-state index contributed by atoms with van der Waals surface area (Å²) >= 11 is 0. The van der Waals surface area contributed by atoms with E-state index in [0.717, 1.165) is 12.2 Å². The Bertz CT molecular complexity index is 663. The van der Waals surface area contributed by atoms with Gasteiger partial charge in [-0.05, 0) is 18.6 Å². The van der Waals surface area contributed by atoms with Crippen LogP contribution < -0.4 is 10.5 Å². The predicted octanol–water partition coefficient (Wildman–Crippen LogP) is 1.29. The van der Waals surface area contributed by atoms with Crippen LogP contribution in [-0.2, 0) is 13.0 Å². The van der Waals surface area contributed by atoms with E-state index in [9.17, 15) is 0 Å². The molecule has 0 aliphatic carbocycles. The van der Waals surface area contributed by atoms with Crippen LogP contribution in [0.1, 0.15) is 17.0 Å². The highest BCUT2D eigenvalue weighted by Gasteiger charge is 2.24. The van der Waals surface area contributed by atoms with Crippen LogP contribution in [0.25, 0.3) is 0 Å². The lowest BCUT2D eigenvalue weighted by Crippen LogP contribution is -2.26. The molecular formula is C14H16N4O2. The molecule has 3 rings (SSSR count). The van der Waals surface area contributed by atoms with E-state index in [1.165, 1.54) is 11.1 Å². The van der Waals surface area contributed by atoms with Gasteiger partial charge in [0, 0.05) is 18.8 Å². The number of hydrogen-bond donors (Lipinski definition) is 2. The fraction of sp³-hybridized carbons (Fsp3) is 0.286. The van der Waals surface area contributed by atoms with Crippen molar-refractivity contribution in [1.29, 1.82) is 0 Å². The summed E-state index contributed by atoms with van der Waals surface area (Å²) in [5.74, 6) is 1.38. The number of oxime groups is 1. The summed E-state index contributed by atoms with van der Waals surface area (Å²) in [6.07, 6.45) is 4.31. The van der Waals surface area contributed by atoms with Crippen molar-refractivity contribution < 1.29 is 9.94 Å². The van der Waals surface area contributed by atoms with E-state index in [4.69, 9.17) is 15.7 Å². The maximum absolute atomic E-state index is 8.74. The Morgan fingerprint density at radius 2 is 2.45 bits per heavy atom. The van der Waals surface area contributed by atoms with Crippen molar-refractivity contribution in [2.75, 3.05) is 0 Å². The lowest BCUT2D eigenvalue weighted by molar-refractivity contribution is 0.209. The third kappa shape index (κ3) is 2.20. The minimum Gasteiger partial charge on any atom is -0.488 e. The summed E-state index contributed by atoms with van der Waals surface area (Å²) in [7, 11) is 0. The number of aromatic nitrogens is 2. The molecule has 1 aromatic heterocycles. The lowest BCUT2D eigenvalue weighted by atomic mass is 10.1. The zero-order chi connectivity index (χ0) is 14.1. The third-order valence-electron chi connectivity index (χ3n) is 3.41. The quantitative estimate of drug-likeness (QED) is 0.381. The summed E-state index contributed by atoms with van der Waals surface area (Å²) < 4.78 is 7.74. The topological polar surface area (TPSA) is 85.7 Å². The summed E-state index contributed by atoms with van der Waals surface area (Å²) in [6, 6.07) is 6.19. The molecule has 2 aromatic rings. The molecule has 1 atom stereocenters. The Balaban J connectivity index is 1.77. The largest absolute Gasteiger partial charge is 0.488 e. The zero-order valence-corrected chi connectivity index (χ0v) is 11.2. The van der Waals surface area contributed by atoms with Crippen LogP contribution in [0.3, 0.4) is 0 Å². The highest BCUT2D eigenvalue weighted by Crippen LogP contribution is 2.30. The second-order valence-electron chi connectivity index (χ2n) is 4.94. The van der Waals surface area contributed by atoms with E-state index in [-0.39, 0.29) is 11.9 Å². The van der Waals surface area contributed by atoms with E-state index in [1.807, 2.05) is 16.7 Å². The Kier molecular flexibility index (Phi) is 3.06. The maximum atomic E-state index is 8.74.